The van der Waals surface area contributed by atoms with Gasteiger partial charge in [-0.1, -0.05) is 19.1 Å². The topological polar surface area (TPSA) is 88.8 Å². The highest BCUT2D eigenvalue weighted by molar-refractivity contribution is 5.95. The van der Waals surface area contributed by atoms with Crippen molar-refractivity contribution in [2.24, 2.45) is 0 Å². The van der Waals surface area contributed by atoms with Crippen LogP contribution in [0.2, 0.25) is 0 Å². The molecule has 2 rings (SSSR count). The zero-order valence-electron chi connectivity index (χ0n) is 15.4. The Kier molecular flexibility index (Phi) is 6.97. The lowest BCUT2D eigenvalue weighted by molar-refractivity contribution is 0.0909. The van der Waals surface area contributed by atoms with Crippen LogP contribution in [-0.4, -0.2) is 30.8 Å². The molecule has 0 spiro atoms. The smallest absolute Gasteiger partial charge is 0.349 e. The highest BCUT2D eigenvalue weighted by atomic mass is 16.5. The van der Waals surface area contributed by atoms with Crippen LogP contribution >= 0.6 is 0 Å². The number of nitrogens with one attached hydrogen (secondary N) is 1. The van der Waals surface area contributed by atoms with Gasteiger partial charge in [0.25, 0.3) is 5.91 Å². The highest BCUT2D eigenvalue weighted by Gasteiger charge is 2.19. The minimum atomic E-state index is -0.653. The molecule has 0 saturated heterocycles. The molecule has 1 amide bonds. The van der Waals surface area contributed by atoms with E-state index < -0.39 is 11.5 Å². The van der Waals surface area contributed by atoms with E-state index in [1.807, 2.05) is 31.2 Å². The van der Waals surface area contributed by atoms with Gasteiger partial charge in [-0.3, -0.25) is 4.79 Å². The summed E-state index contributed by atoms with van der Waals surface area (Å²) in [6.07, 6.45) is 1.84. The van der Waals surface area contributed by atoms with Crippen molar-refractivity contribution in [1.29, 1.82) is 0 Å². The van der Waals surface area contributed by atoms with Gasteiger partial charge in [-0.15, -0.1) is 0 Å². The summed E-state index contributed by atoms with van der Waals surface area (Å²) in [7, 11) is 1.62. The highest BCUT2D eigenvalue weighted by Crippen LogP contribution is 2.14. The molecule has 0 radical (unpaired) electrons. The SMILES string of the molecule is CCC(CO)NC(=O)c1c(C)cc(CCc2ccc(OC)cc2)oc1=O. The fourth-order valence-electron chi connectivity index (χ4n) is 2.66. The van der Waals surface area contributed by atoms with E-state index in [-0.39, 0.29) is 18.2 Å². The molecule has 2 N–H and O–H groups in total. The Labute approximate surface area is 152 Å². The normalized spacial score (nSPS) is 11.8. The van der Waals surface area contributed by atoms with Gasteiger partial charge < -0.3 is 19.6 Å². The van der Waals surface area contributed by atoms with Crippen molar-refractivity contribution >= 4 is 5.91 Å². The summed E-state index contributed by atoms with van der Waals surface area (Å²) in [6, 6.07) is 9.04. The third-order valence-corrected chi connectivity index (χ3v) is 4.29. The van der Waals surface area contributed by atoms with Crippen LogP contribution in [0.1, 0.15) is 40.6 Å². The molecule has 1 aromatic carbocycles. The van der Waals surface area contributed by atoms with Crippen LogP contribution in [-0.2, 0) is 12.8 Å². The Balaban J connectivity index is 2.10. The molecule has 6 nitrogen and oxygen atoms in total. The summed E-state index contributed by atoms with van der Waals surface area (Å²) in [6.45, 7) is 3.38. The standard InChI is InChI=1S/C20H25NO5/c1-4-15(12-22)21-19(23)18-13(2)11-17(26-20(18)24)10-7-14-5-8-16(25-3)9-6-14/h5-6,8-9,11,15,22H,4,7,10,12H2,1-3H3,(H,21,23). The van der Waals surface area contributed by atoms with Crippen LogP contribution in [0.15, 0.2) is 39.5 Å². The Morgan fingerprint density at radius 2 is 1.96 bits per heavy atom. The van der Waals surface area contributed by atoms with Crippen molar-refractivity contribution in [3.8, 4) is 5.75 Å². The number of carbonyl (C=O) groups excluding carboxylic acids is 1. The van der Waals surface area contributed by atoms with Gasteiger partial charge in [-0.25, -0.2) is 4.79 Å². The van der Waals surface area contributed by atoms with Crippen molar-refractivity contribution in [3.05, 3.63) is 63.2 Å². The molecular formula is C20H25NO5. The summed E-state index contributed by atoms with van der Waals surface area (Å²) in [4.78, 5) is 24.5. The second kappa shape index (κ2) is 9.20. The van der Waals surface area contributed by atoms with E-state index in [1.165, 1.54) is 0 Å². The number of methoxy groups -OCH3 is 1. The molecule has 6 heteroatoms. The third-order valence-electron chi connectivity index (χ3n) is 4.29. The fourth-order valence-corrected chi connectivity index (χ4v) is 2.66. The Morgan fingerprint density at radius 1 is 1.27 bits per heavy atom. The molecule has 26 heavy (non-hydrogen) atoms. The van der Waals surface area contributed by atoms with E-state index in [9.17, 15) is 14.7 Å². The van der Waals surface area contributed by atoms with Gasteiger partial charge >= 0.3 is 5.63 Å². The van der Waals surface area contributed by atoms with E-state index in [2.05, 4.69) is 5.32 Å². The first-order valence-electron chi connectivity index (χ1n) is 8.66. The minimum absolute atomic E-state index is 0.00917. The van der Waals surface area contributed by atoms with Gasteiger partial charge in [0.2, 0.25) is 0 Å². The summed E-state index contributed by atoms with van der Waals surface area (Å²) in [5.41, 5.74) is 1.00. The third kappa shape index (κ3) is 4.95. The predicted molar refractivity (Wildman–Crippen MR) is 98.7 cm³/mol. The average Bonchev–Trinajstić information content (AvgIpc) is 2.64. The second-order valence-electron chi connectivity index (χ2n) is 6.17. The Morgan fingerprint density at radius 3 is 2.50 bits per heavy atom. The number of aryl methyl sites for hydroxylation is 3. The van der Waals surface area contributed by atoms with E-state index in [1.54, 1.807) is 20.1 Å². The van der Waals surface area contributed by atoms with Crippen LogP contribution < -0.4 is 15.7 Å². The van der Waals surface area contributed by atoms with Crippen molar-refractivity contribution in [2.45, 2.75) is 39.2 Å². The Hall–Kier alpha value is -2.60. The van der Waals surface area contributed by atoms with Crippen molar-refractivity contribution < 1.29 is 19.1 Å². The second-order valence-corrected chi connectivity index (χ2v) is 6.17. The predicted octanol–water partition coefficient (Wildman–Crippen LogP) is 2.24. The van der Waals surface area contributed by atoms with E-state index in [0.29, 0.717) is 30.6 Å². The molecule has 1 atom stereocenters. The minimum Gasteiger partial charge on any atom is -0.497 e. The molecule has 0 bridgehead atoms. The first-order chi connectivity index (χ1) is 12.5. The van der Waals surface area contributed by atoms with Crippen LogP contribution in [0.3, 0.4) is 0 Å². The van der Waals surface area contributed by atoms with Crippen LogP contribution in [0.25, 0.3) is 0 Å². The molecule has 0 aliphatic heterocycles. The maximum atomic E-state index is 12.3. The summed E-state index contributed by atoms with van der Waals surface area (Å²) in [5, 5.41) is 11.8. The number of benzene rings is 1. The lowest BCUT2D eigenvalue weighted by Gasteiger charge is -2.14. The van der Waals surface area contributed by atoms with Crippen LogP contribution in [0.5, 0.6) is 5.75 Å². The maximum Gasteiger partial charge on any atom is 0.349 e. The van der Waals surface area contributed by atoms with Gasteiger partial charge in [-0.05, 0) is 49.1 Å². The number of ether oxygens (including phenoxy) is 1. The zero-order chi connectivity index (χ0) is 19.1. The van der Waals surface area contributed by atoms with E-state index in [0.717, 1.165) is 11.3 Å². The van der Waals surface area contributed by atoms with Crippen molar-refractivity contribution in [3.63, 3.8) is 0 Å². The number of amides is 1. The van der Waals surface area contributed by atoms with Gasteiger partial charge in [0, 0.05) is 6.42 Å². The quantitative estimate of drug-likeness (QED) is 0.755. The van der Waals surface area contributed by atoms with Gasteiger partial charge in [0.05, 0.1) is 19.8 Å². The molecule has 2 aromatic rings. The lowest BCUT2D eigenvalue weighted by Crippen LogP contribution is -2.39. The summed E-state index contributed by atoms with van der Waals surface area (Å²) < 4.78 is 10.5. The van der Waals surface area contributed by atoms with Gasteiger partial charge in [0.15, 0.2) is 0 Å². The molecule has 0 saturated carbocycles. The first-order valence-corrected chi connectivity index (χ1v) is 8.66. The van der Waals surface area contributed by atoms with Crippen LogP contribution in [0, 0.1) is 6.92 Å². The van der Waals surface area contributed by atoms with E-state index in [4.69, 9.17) is 9.15 Å². The number of aliphatic hydroxyl groups is 1. The molecule has 1 aromatic heterocycles. The number of aliphatic hydroxyl groups excluding tert-OH is 1. The van der Waals surface area contributed by atoms with Crippen LogP contribution in [0.4, 0.5) is 0 Å². The fraction of sp³-hybridized carbons (Fsp3) is 0.400. The molecule has 1 heterocycles. The zero-order valence-corrected chi connectivity index (χ0v) is 15.4. The maximum absolute atomic E-state index is 12.3. The molecule has 140 valence electrons. The average molecular weight is 359 g/mol. The molecule has 0 aliphatic carbocycles. The summed E-state index contributed by atoms with van der Waals surface area (Å²) in [5.74, 6) is 0.813. The number of rotatable bonds is 8. The van der Waals surface area contributed by atoms with E-state index >= 15 is 0 Å². The van der Waals surface area contributed by atoms with Crippen molar-refractivity contribution in [2.75, 3.05) is 13.7 Å². The largest absolute Gasteiger partial charge is 0.497 e. The number of hydrogen-bond donors (Lipinski definition) is 2. The molecule has 1 unspecified atom stereocenters. The molecule has 0 fully saturated rings. The number of carbonyl (C=O) groups is 1. The molecular weight excluding hydrogens is 334 g/mol. The van der Waals surface area contributed by atoms with Gasteiger partial charge in [-0.2, -0.15) is 0 Å². The first kappa shape index (κ1) is 19.7. The van der Waals surface area contributed by atoms with Gasteiger partial charge in [0.1, 0.15) is 17.1 Å². The number of hydrogen-bond acceptors (Lipinski definition) is 5. The van der Waals surface area contributed by atoms with Crippen molar-refractivity contribution in [1.82, 2.24) is 5.32 Å². The monoisotopic (exact) mass is 359 g/mol. The molecule has 0 aliphatic rings. The summed E-state index contributed by atoms with van der Waals surface area (Å²) >= 11 is 0. The Bertz CT molecular complexity index is 791. The lowest BCUT2D eigenvalue weighted by atomic mass is 10.1.